The van der Waals surface area contributed by atoms with Gasteiger partial charge in [-0.1, -0.05) is 12.1 Å². The number of unbranched alkanes of at least 4 members (excludes halogenated alkanes) is 1. The first-order valence-electron chi connectivity index (χ1n) is 5.52. The third-order valence-electron chi connectivity index (χ3n) is 2.95. The molecule has 1 aliphatic carbocycles. The third kappa shape index (κ3) is 2.40. The molecule has 1 aromatic rings. The maximum Gasteiger partial charge on any atom is 0.163 e. The fraction of sp³-hybridized carbons (Fsp3) is 0.462. The smallest absolute Gasteiger partial charge is 0.163 e. The van der Waals surface area contributed by atoms with Gasteiger partial charge in [-0.3, -0.25) is 4.79 Å². The molecule has 1 aliphatic rings. The molecule has 0 fully saturated rings. The molecule has 2 heteroatoms. The Hall–Kier alpha value is -0.820. The fourth-order valence-corrected chi connectivity index (χ4v) is 2.25. The number of carbonyl (C=O) groups is 1. The largest absolute Gasteiger partial charge is 0.294 e. The van der Waals surface area contributed by atoms with Gasteiger partial charge >= 0.3 is 0 Å². The SMILES string of the molecule is O=C1CCc2ccc(CCCCCl)cc21. The monoisotopic (exact) mass is 222 g/mol. The van der Waals surface area contributed by atoms with Gasteiger partial charge < -0.3 is 0 Å². The van der Waals surface area contributed by atoms with Crippen LogP contribution in [0.15, 0.2) is 18.2 Å². The normalized spacial score (nSPS) is 14.3. The third-order valence-corrected chi connectivity index (χ3v) is 3.21. The van der Waals surface area contributed by atoms with Crippen molar-refractivity contribution in [1.82, 2.24) is 0 Å². The summed E-state index contributed by atoms with van der Waals surface area (Å²) in [5.74, 6) is 1.04. The molecule has 0 radical (unpaired) electrons. The maximum absolute atomic E-state index is 11.5. The first-order valence-corrected chi connectivity index (χ1v) is 6.05. The van der Waals surface area contributed by atoms with Gasteiger partial charge in [0, 0.05) is 17.9 Å². The lowest BCUT2D eigenvalue weighted by molar-refractivity contribution is 0.0994. The van der Waals surface area contributed by atoms with Crippen molar-refractivity contribution in [2.24, 2.45) is 0 Å². The van der Waals surface area contributed by atoms with Crippen LogP contribution in [0, 0.1) is 0 Å². The molecule has 2 rings (SSSR count). The number of rotatable bonds is 4. The van der Waals surface area contributed by atoms with E-state index in [0.717, 1.165) is 37.1 Å². The predicted octanol–water partition coefficient (Wildman–Crippen LogP) is 3.38. The van der Waals surface area contributed by atoms with E-state index in [2.05, 4.69) is 18.2 Å². The van der Waals surface area contributed by atoms with E-state index < -0.39 is 0 Å². The Bertz CT molecular complexity index is 371. The molecule has 0 saturated heterocycles. The van der Waals surface area contributed by atoms with Crippen molar-refractivity contribution in [2.45, 2.75) is 32.1 Å². The van der Waals surface area contributed by atoms with Crippen molar-refractivity contribution in [3.8, 4) is 0 Å². The lowest BCUT2D eigenvalue weighted by Gasteiger charge is -2.03. The lowest BCUT2D eigenvalue weighted by atomic mass is 10.0. The number of hydrogen-bond acceptors (Lipinski definition) is 1. The summed E-state index contributed by atoms with van der Waals surface area (Å²) in [4.78, 5) is 11.5. The molecule has 0 N–H and O–H groups in total. The van der Waals surface area contributed by atoms with Crippen LogP contribution in [0.2, 0.25) is 0 Å². The number of carbonyl (C=O) groups excluding carboxylic acids is 1. The quantitative estimate of drug-likeness (QED) is 0.564. The highest BCUT2D eigenvalue weighted by atomic mass is 35.5. The van der Waals surface area contributed by atoms with Gasteiger partial charge in [-0.15, -0.1) is 11.6 Å². The van der Waals surface area contributed by atoms with Gasteiger partial charge in [-0.05, 0) is 42.9 Å². The summed E-state index contributed by atoms with van der Waals surface area (Å²) in [6.07, 6.45) is 4.81. The van der Waals surface area contributed by atoms with Crippen LogP contribution in [0.25, 0.3) is 0 Å². The molecule has 0 amide bonds. The Morgan fingerprint density at radius 1 is 1.20 bits per heavy atom. The highest BCUT2D eigenvalue weighted by Crippen LogP contribution is 2.23. The Kier molecular flexibility index (Phi) is 3.42. The molecule has 0 bridgehead atoms. The van der Waals surface area contributed by atoms with E-state index in [9.17, 15) is 4.79 Å². The second kappa shape index (κ2) is 4.80. The van der Waals surface area contributed by atoms with Crippen LogP contribution in [-0.4, -0.2) is 11.7 Å². The molecule has 15 heavy (non-hydrogen) atoms. The van der Waals surface area contributed by atoms with Gasteiger partial charge in [-0.25, -0.2) is 0 Å². The number of alkyl halides is 1. The number of benzene rings is 1. The number of Topliss-reactive ketones (excluding diaryl/α,β-unsaturated/α-hetero) is 1. The first kappa shape index (κ1) is 10.7. The van der Waals surface area contributed by atoms with Crippen LogP contribution >= 0.6 is 11.6 Å². The summed E-state index contributed by atoms with van der Waals surface area (Å²) in [5, 5.41) is 0. The molecule has 0 aliphatic heterocycles. The maximum atomic E-state index is 11.5. The number of ketones is 1. The minimum absolute atomic E-state index is 0.309. The molecule has 0 saturated carbocycles. The van der Waals surface area contributed by atoms with Crippen molar-refractivity contribution in [1.29, 1.82) is 0 Å². The second-order valence-electron chi connectivity index (χ2n) is 4.06. The van der Waals surface area contributed by atoms with Gasteiger partial charge in [0.05, 0.1) is 0 Å². The van der Waals surface area contributed by atoms with Gasteiger partial charge in [0.1, 0.15) is 0 Å². The van der Waals surface area contributed by atoms with Gasteiger partial charge in [0.2, 0.25) is 0 Å². The molecule has 0 heterocycles. The van der Waals surface area contributed by atoms with E-state index in [4.69, 9.17) is 11.6 Å². The molecule has 1 nitrogen and oxygen atoms in total. The van der Waals surface area contributed by atoms with E-state index in [1.807, 2.05) is 0 Å². The molecule has 0 spiro atoms. The van der Waals surface area contributed by atoms with Crippen molar-refractivity contribution >= 4 is 17.4 Å². The molecule has 80 valence electrons. The number of halogens is 1. The molecular weight excluding hydrogens is 208 g/mol. The summed E-state index contributed by atoms with van der Waals surface area (Å²) in [6.45, 7) is 0. The zero-order valence-electron chi connectivity index (χ0n) is 8.76. The molecule has 1 aromatic carbocycles. The Labute approximate surface area is 95.4 Å². The van der Waals surface area contributed by atoms with Gasteiger partial charge in [-0.2, -0.15) is 0 Å². The van der Waals surface area contributed by atoms with Crippen LogP contribution in [0.4, 0.5) is 0 Å². The van der Waals surface area contributed by atoms with Crippen molar-refractivity contribution in [2.75, 3.05) is 5.88 Å². The van der Waals surface area contributed by atoms with Crippen LogP contribution in [-0.2, 0) is 12.8 Å². The van der Waals surface area contributed by atoms with Crippen molar-refractivity contribution in [3.05, 3.63) is 34.9 Å². The Morgan fingerprint density at radius 3 is 2.87 bits per heavy atom. The van der Waals surface area contributed by atoms with Crippen molar-refractivity contribution in [3.63, 3.8) is 0 Å². The minimum atomic E-state index is 0.309. The molecule has 0 atom stereocenters. The fourth-order valence-electron chi connectivity index (χ4n) is 2.06. The average molecular weight is 223 g/mol. The zero-order chi connectivity index (χ0) is 10.7. The van der Waals surface area contributed by atoms with Gasteiger partial charge in [0.15, 0.2) is 5.78 Å². The van der Waals surface area contributed by atoms with E-state index in [0.29, 0.717) is 12.2 Å². The molecule has 0 aromatic heterocycles. The Morgan fingerprint density at radius 2 is 2.07 bits per heavy atom. The van der Waals surface area contributed by atoms with E-state index in [-0.39, 0.29) is 0 Å². The Balaban J connectivity index is 2.08. The average Bonchev–Trinajstić information content (AvgIpc) is 2.61. The zero-order valence-corrected chi connectivity index (χ0v) is 9.52. The first-order chi connectivity index (χ1) is 7.31. The predicted molar refractivity (Wildman–Crippen MR) is 62.8 cm³/mol. The van der Waals surface area contributed by atoms with Crippen LogP contribution in [0.5, 0.6) is 0 Å². The van der Waals surface area contributed by atoms with Crippen LogP contribution in [0.1, 0.15) is 40.7 Å². The lowest BCUT2D eigenvalue weighted by Crippen LogP contribution is -1.94. The standard InChI is InChI=1S/C13H15ClO/c14-8-2-1-3-10-4-5-11-6-7-13(15)12(11)9-10/h4-5,9H,1-3,6-8H2. The van der Waals surface area contributed by atoms with Crippen LogP contribution < -0.4 is 0 Å². The highest BCUT2D eigenvalue weighted by Gasteiger charge is 2.18. The van der Waals surface area contributed by atoms with E-state index >= 15 is 0 Å². The topological polar surface area (TPSA) is 17.1 Å². The minimum Gasteiger partial charge on any atom is -0.294 e. The summed E-state index contributed by atoms with van der Waals surface area (Å²) in [5.41, 5.74) is 3.45. The number of aryl methyl sites for hydroxylation is 2. The second-order valence-corrected chi connectivity index (χ2v) is 4.44. The van der Waals surface area contributed by atoms with Crippen molar-refractivity contribution < 1.29 is 4.79 Å². The summed E-state index contributed by atoms with van der Waals surface area (Å²) in [6, 6.07) is 6.32. The highest BCUT2D eigenvalue weighted by molar-refractivity contribution is 6.17. The summed E-state index contributed by atoms with van der Waals surface area (Å²) < 4.78 is 0. The van der Waals surface area contributed by atoms with E-state index in [1.54, 1.807) is 0 Å². The summed E-state index contributed by atoms with van der Waals surface area (Å²) >= 11 is 5.63. The molecule has 0 unspecified atom stereocenters. The van der Waals surface area contributed by atoms with Gasteiger partial charge in [0.25, 0.3) is 0 Å². The van der Waals surface area contributed by atoms with E-state index in [1.165, 1.54) is 11.1 Å². The number of hydrogen-bond donors (Lipinski definition) is 0. The number of fused-ring (bicyclic) bond motifs is 1. The molecular formula is C13H15ClO. The van der Waals surface area contributed by atoms with Crippen LogP contribution in [0.3, 0.4) is 0 Å². The summed E-state index contributed by atoms with van der Waals surface area (Å²) in [7, 11) is 0.